The normalized spacial score (nSPS) is 10.4. The van der Waals surface area contributed by atoms with Gasteiger partial charge in [0.2, 0.25) is 0 Å². The van der Waals surface area contributed by atoms with Gasteiger partial charge in [-0.25, -0.2) is 0 Å². The Morgan fingerprint density at radius 2 is 1.63 bits per heavy atom. The molecule has 0 bridgehead atoms. The van der Waals surface area contributed by atoms with E-state index in [1.807, 2.05) is 0 Å². The molecule has 7 heteroatoms. The van der Waals surface area contributed by atoms with E-state index in [4.69, 9.17) is 6.13 Å². The third kappa shape index (κ3) is 4.86. The molecule has 0 fully saturated rings. The third-order valence-electron chi connectivity index (χ3n) is 1.78. The van der Waals surface area contributed by atoms with Crippen molar-refractivity contribution in [2.24, 2.45) is 0 Å². The Morgan fingerprint density at radius 3 is 2.11 bits per heavy atom. The van der Waals surface area contributed by atoms with Gasteiger partial charge in [-0.2, -0.15) is 0 Å². The summed E-state index contributed by atoms with van der Waals surface area (Å²) in [6.45, 7) is 2.47. The molecule has 0 saturated heterocycles. The Balaban J connectivity index is 3.04. The minimum absolute atomic E-state index is 0.307. The summed E-state index contributed by atoms with van der Waals surface area (Å²) in [5.41, 5.74) is 0.307. The van der Waals surface area contributed by atoms with Crippen LogP contribution in [-0.4, -0.2) is 25.0 Å². The molecule has 0 heterocycles. The number of rotatable bonds is 4. The van der Waals surface area contributed by atoms with E-state index in [-0.39, 0.29) is 0 Å². The fourth-order valence-corrected chi connectivity index (χ4v) is 3.95. The molecular formula is C12H13IO6. The summed E-state index contributed by atoms with van der Waals surface area (Å²) in [7, 11) is 1.27. The topological polar surface area (TPSA) is 78.9 Å². The molecule has 1 rings (SSSR count). The van der Waals surface area contributed by atoms with E-state index in [1.165, 1.54) is 27.0 Å². The number of methoxy groups -OCH3 is 1. The van der Waals surface area contributed by atoms with Gasteiger partial charge in [-0.3, -0.25) is 0 Å². The Bertz CT molecular complexity index is 483. The molecule has 0 aliphatic carbocycles. The number of carbonyl (C=O) groups is 3. The van der Waals surface area contributed by atoms with Gasteiger partial charge in [-0.05, 0) is 0 Å². The second kappa shape index (κ2) is 7.07. The minimum atomic E-state index is -2.89. The maximum atomic E-state index is 11.4. The average molecular weight is 380 g/mol. The van der Waals surface area contributed by atoms with E-state index >= 15 is 0 Å². The molecule has 6 nitrogen and oxygen atoms in total. The van der Waals surface area contributed by atoms with Gasteiger partial charge in [-0.1, -0.05) is 0 Å². The van der Waals surface area contributed by atoms with E-state index in [1.54, 1.807) is 18.2 Å². The third-order valence-corrected chi connectivity index (χ3v) is 5.51. The van der Waals surface area contributed by atoms with Crippen LogP contribution in [0, 0.1) is 3.57 Å². The Labute approximate surface area is 118 Å². The Hall–Kier alpha value is -1.64. The van der Waals surface area contributed by atoms with Crippen molar-refractivity contribution in [3.8, 4) is 0 Å². The van der Waals surface area contributed by atoms with Gasteiger partial charge in [0, 0.05) is 0 Å². The molecule has 104 valence electrons. The van der Waals surface area contributed by atoms with E-state index in [2.05, 4.69) is 4.74 Å². The number of benzene rings is 1. The van der Waals surface area contributed by atoms with Crippen molar-refractivity contribution in [1.82, 2.24) is 0 Å². The van der Waals surface area contributed by atoms with Crippen LogP contribution < -0.4 is 0 Å². The number of carbonyl (C=O) groups excluding carboxylic acids is 3. The molecule has 0 radical (unpaired) electrons. The zero-order valence-corrected chi connectivity index (χ0v) is 12.8. The first-order valence-electron chi connectivity index (χ1n) is 5.20. The van der Waals surface area contributed by atoms with E-state index < -0.39 is 38.6 Å². The summed E-state index contributed by atoms with van der Waals surface area (Å²) in [6, 6.07) is 6.32. The van der Waals surface area contributed by atoms with Gasteiger partial charge >= 0.3 is 118 Å². The molecule has 19 heavy (non-hydrogen) atoms. The molecule has 1 aromatic rings. The van der Waals surface area contributed by atoms with Crippen LogP contribution in [0.1, 0.15) is 24.2 Å². The van der Waals surface area contributed by atoms with Crippen LogP contribution in [0.5, 0.6) is 0 Å². The molecule has 0 atom stereocenters. The van der Waals surface area contributed by atoms with Gasteiger partial charge in [0.1, 0.15) is 0 Å². The number of hydrogen-bond acceptors (Lipinski definition) is 6. The molecule has 0 saturated carbocycles. The summed E-state index contributed by atoms with van der Waals surface area (Å²) >= 11 is -2.89. The Kier molecular flexibility index (Phi) is 5.74. The summed E-state index contributed by atoms with van der Waals surface area (Å²) < 4.78 is 15.2. The van der Waals surface area contributed by atoms with Crippen LogP contribution >= 0.6 is 20.6 Å². The molecule has 0 spiro atoms. The van der Waals surface area contributed by atoms with E-state index in [9.17, 15) is 14.4 Å². The first kappa shape index (κ1) is 15.4. The van der Waals surface area contributed by atoms with Crippen molar-refractivity contribution in [3.63, 3.8) is 0 Å². The molecule has 0 aliphatic heterocycles. The molecular weight excluding hydrogens is 367 g/mol. The SMILES string of the molecule is COC(=O)c1cccc(I(OC(C)=O)OC(C)=O)c1. The van der Waals surface area contributed by atoms with Gasteiger partial charge in [-0.15, -0.1) is 0 Å². The summed E-state index contributed by atoms with van der Waals surface area (Å²) in [6.07, 6.45) is 0. The number of ether oxygens (including phenoxy) is 1. The summed E-state index contributed by atoms with van der Waals surface area (Å²) in [5.74, 6) is -1.58. The fraction of sp³-hybridized carbons (Fsp3) is 0.250. The van der Waals surface area contributed by atoms with Gasteiger partial charge in [0.15, 0.2) is 0 Å². The summed E-state index contributed by atoms with van der Waals surface area (Å²) in [4.78, 5) is 33.4. The van der Waals surface area contributed by atoms with Crippen molar-refractivity contribution in [1.29, 1.82) is 0 Å². The zero-order valence-electron chi connectivity index (χ0n) is 10.6. The predicted octanol–water partition coefficient (Wildman–Crippen LogP) is 2.11. The van der Waals surface area contributed by atoms with Crippen LogP contribution in [0.3, 0.4) is 0 Å². The van der Waals surface area contributed by atoms with Crippen LogP contribution in [0.25, 0.3) is 0 Å². The monoisotopic (exact) mass is 380 g/mol. The zero-order chi connectivity index (χ0) is 14.4. The van der Waals surface area contributed by atoms with Crippen molar-refractivity contribution in [2.45, 2.75) is 13.8 Å². The first-order chi connectivity index (χ1) is 8.93. The number of hydrogen-bond donors (Lipinski definition) is 0. The van der Waals surface area contributed by atoms with Gasteiger partial charge in [0.05, 0.1) is 0 Å². The quantitative estimate of drug-likeness (QED) is 0.588. The fourth-order valence-electron chi connectivity index (χ4n) is 1.13. The van der Waals surface area contributed by atoms with Crippen molar-refractivity contribution < 1.29 is 25.3 Å². The number of halogens is 1. The van der Waals surface area contributed by atoms with Gasteiger partial charge < -0.3 is 0 Å². The van der Waals surface area contributed by atoms with Crippen LogP contribution in [0.15, 0.2) is 24.3 Å². The standard InChI is InChI=1S/C12H13IO6/c1-8(14)18-13(19-9(2)15)11-6-4-5-10(7-11)12(16)17-3/h4-7H,1-3H3. The summed E-state index contributed by atoms with van der Waals surface area (Å²) in [5, 5.41) is 0. The van der Waals surface area contributed by atoms with Crippen LogP contribution in [0.4, 0.5) is 0 Å². The van der Waals surface area contributed by atoms with E-state index in [0.29, 0.717) is 9.13 Å². The molecule has 0 unspecified atom stereocenters. The molecule has 0 N–H and O–H groups in total. The van der Waals surface area contributed by atoms with Crippen molar-refractivity contribution in [2.75, 3.05) is 7.11 Å². The average Bonchev–Trinajstić information content (AvgIpc) is 2.36. The van der Waals surface area contributed by atoms with Gasteiger partial charge in [0.25, 0.3) is 0 Å². The molecule has 0 aliphatic rings. The maximum absolute atomic E-state index is 11.4. The van der Waals surface area contributed by atoms with E-state index in [0.717, 1.165) is 0 Å². The first-order valence-corrected chi connectivity index (χ1v) is 8.04. The predicted molar refractivity (Wildman–Crippen MR) is 74.0 cm³/mol. The Morgan fingerprint density at radius 1 is 1.05 bits per heavy atom. The number of esters is 1. The molecule has 0 amide bonds. The van der Waals surface area contributed by atoms with Crippen LogP contribution in [0.2, 0.25) is 0 Å². The van der Waals surface area contributed by atoms with Crippen molar-refractivity contribution in [3.05, 3.63) is 33.4 Å². The second-order valence-corrected chi connectivity index (χ2v) is 6.72. The van der Waals surface area contributed by atoms with Crippen LogP contribution in [-0.2, 0) is 20.5 Å². The second-order valence-electron chi connectivity index (χ2n) is 3.36. The molecule has 1 aromatic carbocycles. The molecule has 0 aromatic heterocycles. The van der Waals surface area contributed by atoms with Crippen molar-refractivity contribution >= 4 is 38.6 Å².